The van der Waals surface area contributed by atoms with Gasteiger partial charge in [0.15, 0.2) is 0 Å². The maximum Gasteiger partial charge on any atom is 0.0406 e. The van der Waals surface area contributed by atoms with Gasteiger partial charge in [0, 0.05) is 17.1 Å². The summed E-state index contributed by atoms with van der Waals surface area (Å²) in [6.07, 6.45) is 1.01. The van der Waals surface area contributed by atoms with Crippen LogP contribution in [0.5, 0.6) is 0 Å². The van der Waals surface area contributed by atoms with E-state index in [1.54, 1.807) is 0 Å². The van der Waals surface area contributed by atoms with Crippen molar-refractivity contribution in [3.8, 4) is 0 Å². The lowest BCUT2D eigenvalue weighted by atomic mass is 10.0. The maximum atomic E-state index is 5.91. The highest BCUT2D eigenvalue weighted by Crippen LogP contribution is 2.18. The highest BCUT2D eigenvalue weighted by Gasteiger charge is 2.11. The lowest BCUT2D eigenvalue weighted by Crippen LogP contribution is -2.31. The molecule has 0 aliphatic heterocycles. The number of aryl methyl sites for hydroxylation is 1. The first-order valence-corrected chi connectivity index (χ1v) is 7.50. The average Bonchev–Trinajstić information content (AvgIpc) is 2.41. The van der Waals surface area contributed by atoms with Gasteiger partial charge in [-0.2, -0.15) is 0 Å². The third-order valence-corrected chi connectivity index (χ3v) is 3.90. The Balaban J connectivity index is 1.96. The second-order valence-corrected chi connectivity index (χ2v) is 5.91. The highest BCUT2D eigenvalue weighted by atomic mass is 35.5. The van der Waals surface area contributed by atoms with E-state index >= 15 is 0 Å². The van der Waals surface area contributed by atoms with Crippen LogP contribution in [0.4, 0.5) is 0 Å². The molecule has 0 aliphatic carbocycles. The Bertz CT molecular complexity index is 548. The SMILES string of the molecule is Cc1ccccc1[C@H](C)NC(C)Cc1ccc(Cl)cc1. The van der Waals surface area contributed by atoms with E-state index in [2.05, 4.69) is 62.5 Å². The zero-order valence-corrected chi connectivity index (χ0v) is 13.1. The average molecular weight is 288 g/mol. The molecular formula is C18H22ClN. The Hall–Kier alpha value is -1.31. The van der Waals surface area contributed by atoms with Crippen LogP contribution in [-0.2, 0) is 6.42 Å². The molecule has 0 amide bonds. The van der Waals surface area contributed by atoms with Crippen LogP contribution in [-0.4, -0.2) is 6.04 Å². The first-order valence-electron chi connectivity index (χ1n) is 7.12. The van der Waals surface area contributed by atoms with Crippen molar-refractivity contribution in [2.45, 2.75) is 39.3 Å². The molecule has 2 aromatic rings. The maximum absolute atomic E-state index is 5.91. The molecule has 0 heterocycles. The molecule has 0 aliphatic rings. The predicted molar refractivity (Wildman–Crippen MR) is 87.3 cm³/mol. The predicted octanol–water partition coefficient (Wildman–Crippen LogP) is 4.93. The van der Waals surface area contributed by atoms with Crippen molar-refractivity contribution >= 4 is 11.6 Å². The topological polar surface area (TPSA) is 12.0 Å². The summed E-state index contributed by atoms with van der Waals surface area (Å²) in [5.41, 5.74) is 4.02. The van der Waals surface area contributed by atoms with E-state index in [4.69, 9.17) is 11.6 Å². The van der Waals surface area contributed by atoms with E-state index in [9.17, 15) is 0 Å². The molecular weight excluding hydrogens is 266 g/mol. The van der Waals surface area contributed by atoms with Crippen molar-refractivity contribution in [3.63, 3.8) is 0 Å². The molecule has 0 aromatic heterocycles. The first kappa shape index (κ1) is 15.1. The lowest BCUT2D eigenvalue weighted by molar-refractivity contribution is 0.476. The summed E-state index contributed by atoms with van der Waals surface area (Å²) in [5.74, 6) is 0. The molecule has 2 aromatic carbocycles. The number of nitrogens with one attached hydrogen (secondary N) is 1. The third kappa shape index (κ3) is 4.09. The van der Waals surface area contributed by atoms with E-state index in [-0.39, 0.29) is 0 Å². The summed E-state index contributed by atoms with van der Waals surface area (Å²) < 4.78 is 0. The molecule has 1 nitrogen and oxygen atoms in total. The van der Waals surface area contributed by atoms with E-state index in [0.29, 0.717) is 12.1 Å². The van der Waals surface area contributed by atoms with Gasteiger partial charge in [-0.05, 0) is 56.0 Å². The van der Waals surface area contributed by atoms with Crippen LogP contribution in [0.1, 0.15) is 36.6 Å². The van der Waals surface area contributed by atoms with Crippen molar-refractivity contribution < 1.29 is 0 Å². The van der Waals surface area contributed by atoms with E-state index in [0.717, 1.165) is 11.4 Å². The molecule has 2 heteroatoms. The minimum atomic E-state index is 0.360. The van der Waals surface area contributed by atoms with Crippen LogP contribution < -0.4 is 5.32 Å². The minimum Gasteiger partial charge on any atom is -0.307 e. The number of halogens is 1. The quantitative estimate of drug-likeness (QED) is 0.822. The van der Waals surface area contributed by atoms with Crippen molar-refractivity contribution in [3.05, 3.63) is 70.2 Å². The number of rotatable bonds is 5. The van der Waals surface area contributed by atoms with Crippen LogP contribution in [0.3, 0.4) is 0 Å². The standard InChI is InChI=1S/C18H22ClN/c1-13-6-4-5-7-18(13)15(3)20-14(2)12-16-8-10-17(19)11-9-16/h4-11,14-15,20H,12H2,1-3H3/t14?,15-/m0/s1. The molecule has 0 bridgehead atoms. The van der Waals surface area contributed by atoms with Gasteiger partial charge in [-0.25, -0.2) is 0 Å². The Kier molecular flexibility index (Phi) is 5.22. The molecule has 0 saturated carbocycles. The Morgan fingerprint density at radius 1 is 1.00 bits per heavy atom. The van der Waals surface area contributed by atoms with Gasteiger partial charge >= 0.3 is 0 Å². The zero-order valence-electron chi connectivity index (χ0n) is 12.4. The van der Waals surface area contributed by atoms with Gasteiger partial charge in [0.05, 0.1) is 0 Å². The molecule has 0 fully saturated rings. The number of hydrogen-bond donors (Lipinski definition) is 1. The molecule has 2 atom stereocenters. The molecule has 0 saturated heterocycles. The Labute approximate surface area is 127 Å². The monoisotopic (exact) mass is 287 g/mol. The fourth-order valence-corrected chi connectivity index (χ4v) is 2.75. The third-order valence-electron chi connectivity index (χ3n) is 3.64. The Morgan fingerprint density at radius 3 is 2.30 bits per heavy atom. The van der Waals surface area contributed by atoms with Gasteiger partial charge in [-0.1, -0.05) is 48.0 Å². The summed E-state index contributed by atoms with van der Waals surface area (Å²) in [5, 5.41) is 4.46. The fraction of sp³-hybridized carbons (Fsp3) is 0.333. The summed E-state index contributed by atoms with van der Waals surface area (Å²) in [6.45, 7) is 6.61. The molecule has 20 heavy (non-hydrogen) atoms. The van der Waals surface area contributed by atoms with Crippen LogP contribution in [0.25, 0.3) is 0 Å². The largest absolute Gasteiger partial charge is 0.307 e. The van der Waals surface area contributed by atoms with E-state index < -0.39 is 0 Å². The van der Waals surface area contributed by atoms with Gasteiger partial charge in [0.1, 0.15) is 0 Å². The molecule has 1 unspecified atom stereocenters. The van der Waals surface area contributed by atoms with Crippen LogP contribution in [0.15, 0.2) is 48.5 Å². The second-order valence-electron chi connectivity index (χ2n) is 5.48. The van der Waals surface area contributed by atoms with Crippen molar-refractivity contribution in [1.82, 2.24) is 5.32 Å². The normalized spacial score (nSPS) is 14.0. The van der Waals surface area contributed by atoms with E-state index in [1.807, 2.05) is 12.1 Å². The highest BCUT2D eigenvalue weighted by molar-refractivity contribution is 6.30. The van der Waals surface area contributed by atoms with Crippen molar-refractivity contribution in [2.75, 3.05) is 0 Å². The van der Waals surface area contributed by atoms with Gasteiger partial charge < -0.3 is 5.32 Å². The molecule has 2 rings (SSSR count). The van der Waals surface area contributed by atoms with Gasteiger partial charge in [0.25, 0.3) is 0 Å². The number of benzene rings is 2. The van der Waals surface area contributed by atoms with Gasteiger partial charge in [0.2, 0.25) is 0 Å². The molecule has 106 valence electrons. The van der Waals surface area contributed by atoms with E-state index in [1.165, 1.54) is 16.7 Å². The van der Waals surface area contributed by atoms with Crippen LogP contribution >= 0.6 is 11.6 Å². The lowest BCUT2D eigenvalue weighted by Gasteiger charge is -2.22. The van der Waals surface area contributed by atoms with Crippen LogP contribution in [0.2, 0.25) is 5.02 Å². The van der Waals surface area contributed by atoms with Gasteiger partial charge in [-0.3, -0.25) is 0 Å². The summed E-state index contributed by atoms with van der Waals surface area (Å²) in [4.78, 5) is 0. The smallest absolute Gasteiger partial charge is 0.0406 e. The summed E-state index contributed by atoms with van der Waals surface area (Å²) >= 11 is 5.91. The zero-order chi connectivity index (χ0) is 14.5. The van der Waals surface area contributed by atoms with Crippen LogP contribution in [0, 0.1) is 6.92 Å². The summed E-state index contributed by atoms with van der Waals surface area (Å²) in [6, 6.07) is 17.4. The van der Waals surface area contributed by atoms with Gasteiger partial charge in [-0.15, -0.1) is 0 Å². The molecule has 0 spiro atoms. The summed E-state index contributed by atoms with van der Waals surface area (Å²) in [7, 11) is 0. The molecule has 0 radical (unpaired) electrons. The van der Waals surface area contributed by atoms with Crippen molar-refractivity contribution in [1.29, 1.82) is 0 Å². The second kappa shape index (κ2) is 6.92. The fourth-order valence-electron chi connectivity index (χ4n) is 2.62. The minimum absolute atomic E-state index is 0.360. The molecule has 1 N–H and O–H groups in total. The first-order chi connectivity index (χ1) is 9.56. The van der Waals surface area contributed by atoms with Crippen molar-refractivity contribution in [2.24, 2.45) is 0 Å². The Morgan fingerprint density at radius 2 is 1.65 bits per heavy atom. The number of hydrogen-bond acceptors (Lipinski definition) is 1.